The first-order chi connectivity index (χ1) is 8.36. The number of fused-ring (bicyclic) bond motifs is 1. The zero-order valence-electron chi connectivity index (χ0n) is 9.32. The molecule has 3 rings (SSSR count). The van der Waals surface area contributed by atoms with E-state index in [1.807, 2.05) is 18.3 Å². The Kier molecular flexibility index (Phi) is 2.40. The van der Waals surface area contributed by atoms with Gasteiger partial charge in [0.15, 0.2) is 5.65 Å². The van der Waals surface area contributed by atoms with Crippen molar-refractivity contribution in [1.82, 2.24) is 14.6 Å². The lowest BCUT2D eigenvalue weighted by molar-refractivity contribution is 0.315. The van der Waals surface area contributed by atoms with Crippen LogP contribution in [0.1, 0.15) is 12.8 Å². The Morgan fingerprint density at radius 2 is 2.06 bits per heavy atom. The Hall–Kier alpha value is -2.11. The van der Waals surface area contributed by atoms with Crippen molar-refractivity contribution < 1.29 is 5.21 Å². The van der Waals surface area contributed by atoms with Gasteiger partial charge in [0.25, 0.3) is 0 Å². The highest BCUT2D eigenvalue weighted by molar-refractivity contribution is 5.86. The third-order valence-corrected chi connectivity index (χ3v) is 3.05. The van der Waals surface area contributed by atoms with Gasteiger partial charge in [0, 0.05) is 38.2 Å². The van der Waals surface area contributed by atoms with Gasteiger partial charge >= 0.3 is 0 Å². The van der Waals surface area contributed by atoms with Gasteiger partial charge < -0.3 is 10.1 Å². The Bertz CT molecular complexity index is 552. The maximum atomic E-state index is 8.70. The minimum absolute atomic E-state index is 0.794. The van der Waals surface area contributed by atoms with E-state index in [1.54, 1.807) is 10.7 Å². The van der Waals surface area contributed by atoms with E-state index in [0.717, 1.165) is 43.1 Å². The molecule has 0 amide bonds. The molecule has 0 saturated carbocycles. The van der Waals surface area contributed by atoms with Crippen LogP contribution >= 0.6 is 0 Å². The van der Waals surface area contributed by atoms with Crippen LogP contribution in [0.15, 0.2) is 29.7 Å². The molecular formula is C11H13N5O. The number of anilines is 1. The second-order valence-electron chi connectivity index (χ2n) is 4.07. The Labute approximate surface area is 98.2 Å². The summed E-state index contributed by atoms with van der Waals surface area (Å²) in [7, 11) is 0. The molecule has 1 N–H and O–H groups in total. The lowest BCUT2D eigenvalue weighted by Crippen LogP contribution is -2.34. The van der Waals surface area contributed by atoms with Crippen LogP contribution < -0.4 is 4.90 Å². The van der Waals surface area contributed by atoms with Crippen molar-refractivity contribution in [3.63, 3.8) is 0 Å². The van der Waals surface area contributed by atoms with Crippen LogP contribution in [0.3, 0.4) is 0 Å². The lowest BCUT2D eigenvalue weighted by atomic mass is 10.1. The third kappa shape index (κ3) is 1.82. The SMILES string of the molecule is ON=C1CCN(c2ccn3nccc3n2)CC1. The van der Waals surface area contributed by atoms with Crippen LogP contribution in [0.25, 0.3) is 5.65 Å². The molecule has 1 aliphatic heterocycles. The van der Waals surface area contributed by atoms with Crippen LogP contribution in [0.5, 0.6) is 0 Å². The first-order valence-electron chi connectivity index (χ1n) is 5.62. The fraction of sp³-hybridized carbons (Fsp3) is 0.364. The van der Waals surface area contributed by atoms with Crippen LogP contribution in [-0.2, 0) is 0 Å². The summed E-state index contributed by atoms with van der Waals surface area (Å²) < 4.78 is 1.74. The average molecular weight is 231 g/mol. The highest BCUT2D eigenvalue weighted by Crippen LogP contribution is 2.17. The largest absolute Gasteiger partial charge is 0.411 e. The molecule has 17 heavy (non-hydrogen) atoms. The van der Waals surface area contributed by atoms with E-state index < -0.39 is 0 Å². The molecule has 2 aromatic heterocycles. The van der Waals surface area contributed by atoms with Gasteiger partial charge in [0.05, 0.1) is 11.9 Å². The molecule has 0 bridgehead atoms. The highest BCUT2D eigenvalue weighted by atomic mass is 16.4. The molecule has 0 spiro atoms. The summed E-state index contributed by atoms with van der Waals surface area (Å²) in [6.07, 6.45) is 5.23. The predicted octanol–water partition coefficient (Wildman–Crippen LogP) is 1.16. The van der Waals surface area contributed by atoms with Crippen LogP contribution in [-0.4, -0.2) is 38.6 Å². The summed E-state index contributed by atoms with van der Waals surface area (Å²) in [6, 6.07) is 3.84. The number of aromatic nitrogens is 3. The van der Waals surface area contributed by atoms with Crippen molar-refractivity contribution in [2.24, 2.45) is 5.16 Å². The van der Waals surface area contributed by atoms with Crippen molar-refractivity contribution >= 4 is 17.2 Å². The van der Waals surface area contributed by atoms with Crippen molar-refractivity contribution in [2.75, 3.05) is 18.0 Å². The Morgan fingerprint density at radius 1 is 1.24 bits per heavy atom. The van der Waals surface area contributed by atoms with E-state index in [1.165, 1.54) is 0 Å². The quantitative estimate of drug-likeness (QED) is 0.590. The zero-order chi connectivity index (χ0) is 11.7. The van der Waals surface area contributed by atoms with Crippen LogP contribution in [0.2, 0.25) is 0 Å². The van der Waals surface area contributed by atoms with E-state index in [0.29, 0.717) is 0 Å². The topological polar surface area (TPSA) is 66.0 Å². The number of oxime groups is 1. The molecule has 0 atom stereocenters. The molecular weight excluding hydrogens is 218 g/mol. The molecule has 88 valence electrons. The normalized spacial score (nSPS) is 16.5. The average Bonchev–Trinajstić information content (AvgIpc) is 2.86. The van der Waals surface area contributed by atoms with Gasteiger partial charge in [0.1, 0.15) is 5.82 Å². The molecule has 6 nitrogen and oxygen atoms in total. The third-order valence-electron chi connectivity index (χ3n) is 3.05. The van der Waals surface area contributed by atoms with Crippen molar-refractivity contribution in [1.29, 1.82) is 0 Å². The molecule has 0 unspecified atom stereocenters. The summed E-state index contributed by atoms with van der Waals surface area (Å²) in [5.41, 5.74) is 1.72. The summed E-state index contributed by atoms with van der Waals surface area (Å²) >= 11 is 0. The molecule has 1 aliphatic rings. The van der Waals surface area contributed by atoms with Gasteiger partial charge in [-0.3, -0.25) is 0 Å². The minimum atomic E-state index is 0.794. The van der Waals surface area contributed by atoms with Gasteiger partial charge in [-0.2, -0.15) is 5.10 Å². The van der Waals surface area contributed by atoms with E-state index in [2.05, 4.69) is 20.1 Å². The molecule has 2 aromatic rings. The van der Waals surface area contributed by atoms with Crippen LogP contribution in [0.4, 0.5) is 5.82 Å². The first kappa shape index (κ1) is 10.1. The molecule has 1 saturated heterocycles. The maximum absolute atomic E-state index is 8.70. The highest BCUT2D eigenvalue weighted by Gasteiger charge is 2.16. The van der Waals surface area contributed by atoms with E-state index in [4.69, 9.17) is 5.21 Å². The summed E-state index contributed by atoms with van der Waals surface area (Å²) in [4.78, 5) is 6.73. The second kappa shape index (κ2) is 4.04. The summed E-state index contributed by atoms with van der Waals surface area (Å²) in [5.74, 6) is 0.954. The van der Waals surface area contributed by atoms with E-state index >= 15 is 0 Å². The molecule has 3 heterocycles. The summed E-state index contributed by atoms with van der Waals surface area (Å²) in [5, 5.41) is 16.1. The molecule has 0 radical (unpaired) electrons. The van der Waals surface area contributed by atoms with E-state index in [9.17, 15) is 0 Å². The zero-order valence-corrected chi connectivity index (χ0v) is 9.32. The fourth-order valence-corrected chi connectivity index (χ4v) is 2.07. The number of hydrogen-bond acceptors (Lipinski definition) is 5. The lowest BCUT2D eigenvalue weighted by Gasteiger charge is -2.28. The number of hydrogen-bond donors (Lipinski definition) is 1. The fourth-order valence-electron chi connectivity index (χ4n) is 2.07. The number of piperidine rings is 1. The molecule has 0 aromatic carbocycles. The van der Waals surface area contributed by atoms with Gasteiger partial charge in [-0.05, 0) is 6.07 Å². The Balaban J connectivity index is 1.84. The first-order valence-corrected chi connectivity index (χ1v) is 5.62. The standard InChI is InChI=1S/C11H13N5O/c17-14-9-2-6-15(7-3-9)10-4-8-16-11(13-10)1-5-12-16/h1,4-5,8,17H,2-3,6-7H2. The summed E-state index contributed by atoms with van der Waals surface area (Å²) in [6.45, 7) is 1.69. The minimum Gasteiger partial charge on any atom is -0.411 e. The van der Waals surface area contributed by atoms with Crippen molar-refractivity contribution in [3.8, 4) is 0 Å². The van der Waals surface area contributed by atoms with Gasteiger partial charge in [0.2, 0.25) is 0 Å². The van der Waals surface area contributed by atoms with Gasteiger partial charge in [-0.15, -0.1) is 0 Å². The monoisotopic (exact) mass is 231 g/mol. The maximum Gasteiger partial charge on any atom is 0.157 e. The number of nitrogens with zero attached hydrogens (tertiary/aromatic N) is 5. The van der Waals surface area contributed by atoms with E-state index in [-0.39, 0.29) is 0 Å². The molecule has 0 aliphatic carbocycles. The van der Waals surface area contributed by atoms with Crippen molar-refractivity contribution in [3.05, 3.63) is 24.5 Å². The Morgan fingerprint density at radius 3 is 2.82 bits per heavy atom. The second-order valence-corrected chi connectivity index (χ2v) is 4.07. The molecule has 6 heteroatoms. The number of rotatable bonds is 1. The van der Waals surface area contributed by atoms with Crippen LogP contribution in [0, 0.1) is 0 Å². The van der Waals surface area contributed by atoms with Gasteiger partial charge in [-0.1, -0.05) is 5.16 Å². The molecule has 1 fully saturated rings. The smallest absolute Gasteiger partial charge is 0.157 e. The van der Waals surface area contributed by atoms with Crippen molar-refractivity contribution in [2.45, 2.75) is 12.8 Å². The van der Waals surface area contributed by atoms with Gasteiger partial charge in [-0.25, -0.2) is 9.50 Å². The predicted molar refractivity (Wildman–Crippen MR) is 63.7 cm³/mol.